The molecule has 0 N–H and O–H groups in total. The fourth-order valence-corrected chi connectivity index (χ4v) is 2.55. The number of sulfonamides is 1. The van der Waals surface area contributed by atoms with Crippen LogP contribution in [0.25, 0.3) is 0 Å². The highest BCUT2D eigenvalue weighted by Gasteiger charge is 2.10. The molecule has 0 radical (unpaired) electrons. The van der Waals surface area contributed by atoms with Gasteiger partial charge in [-0.05, 0) is 36.8 Å². The lowest BCUT2D eigenvalue weighted by Gasteiger charge is -1.99. The van der Waals surface area contributed by atoms with Crippen LogP contribution in [-0.4, -0.2) is 14.6 Å². The van der Waals surface area contributed by atoms with E-state index < -0.39 is 10.0 Å². The van der Waals surface area contributed by atoms with E-state index in [-0.39, 0.29) is 4.90 Å². The van der Waals surface area contributed by atoms with Crippen molar-refractivity contribution in [3.63, 3.8) is 0 Å². The number of aryl methyl sites for hydroxylation is 1. The van der Waals surface area contributed by atoms with Crippen LogP contribution in [0.4, 0.5) is 0 Å². The first-order valence-electron chi connectivity index (χ1n) is 5.60. The Bertz CT molecular complexity index is 706. The Kier molecular flexibility index (Phi) is 4.02. The van der Waals surface area contributed by atoms with Gasteiger partial charge in [0, 0.05) is 11.2 Å². The van der Waals surface area contributed by atoms with Crippen molar-refractivity contribution < 1.29 is 8.42 Å². The van der Waals surface area contributed by atoms with Gasteiger partial charge in [0.15, 0.2) is 0 Å². The van der Waals surface area contributed by atoms with E-state index in [2.05, 4.69) is 4.40 Å². The molecule has 0 aliphatic heterocycles. The number of nitrogens with zero attached hydrogens (tertiary/aromatic N) is 1. The topological polar surface area (TPSA) is 46.5 Å². The summed E-state index contributed by atoms with van der Waals surface area (Å²) in [6.07, 6.45) is 1.29. The highest BCUT2D eigenvalue weighted by atomic mass is 35.5. The molecule has 0 aliphatic rings. The molecule has 19 heavy (non-hydrogen) atoms. The molecule has 0 atom stereocenters. The van der Waals surface area contributed by atoms with Crippen LogP contribution in [0.2, 0.25) is 5.02 Å². The molecule has 0 bridgehead atoms. The molecule has 0 spiro atoms. The summed E-state index contributed by atoms with van der Waals surface area (Å²) in [5.41, 5.74) is 1.64. The Morgan fingerprint density at radius 3 is 2.42 bits per heavy atom. The third kappa shape index (κ3) is 3.66. The van der Waals surface area contributed by atoms with Crippen LogP contribution < -0.4 is 0 Å². The minimum atomic E-state index is -3.66. The predicted octanol–water partition coefficient (Wildman–Crippen LogP) is 3.46. The molecule has 0 aliphatic carbocycles. The van der Waals surface area contributed by atoms with Gasteiger partial charge in [-0.2, -0.15) is 12.8 Å². The highest BCUT2D eigenvalue weighted by Crippen LogP contribution is 2.14. The van der Waals surface area contributed by atoms with Crippen molar-refractivity contribution in [1.82, 2.24) is 0 Å². The van der Waals surface area contributed by atoms with Gasteiger partial charge < -0.3 is 0 Å². The molecule has 0 saturated heterocycles. The second-order valence-corrected chi connectivity index (χ2v) is 6.15. The van der Waals surface area contributed by atoms with Gasteiger partial charge in [-0.25, -0.2) is 0 Å². The zero-order valence-corrected chi connectivity index (χ0v) is 11.8. The molecule has 0 unspecified atom stereocenters. The van der Waals surface area contributed by atoms with Gasteiger partial charge in [0.2, 0.25) is 0 Å². The van der Waals surface area contributed by atoms with Crippen LogP contribution in [0.5, 0.6) is 0 Å². The molecule has 0 aromatic heterocycles. The number of halogens is 1. The van der Waals surface area contributed by atoms with Gasteiger partial charge in [0.1, 0.15) is 0 Å². The lowest BCUT2D eigenvalue weighted by molar-refractivity contribution is 0.598. The van der Waals surface area contributed by atoms with Crippen LogP contribution >= 0.6 is 11.6 Å². The smallest absolute Gasteiger partial charge is 0.199 e. The lowest BCUT2D eigenvalue weighted by atomic mass is 10.2. The van der Waals surface area contributed by atoms with Gasteiger partial charge in [-0.3, -0.25) is 0 Å². The molecule has 0 amide bonds. The van der Waals surface area contributed by atoms with Gasteiger partial charge in [-0.1, -0.05) is 41.4 Å². The number of hydrogen-bond donors (Lipinski definition) is 0. The third-order valence-corrected chi connectivity index (χ3v) is 3.99. The Morgan fingerprint density at radius 1 is 1.11 bits per heavy atom. The molecule has 0 heterocycles. The van der Waals surface area contributed by atoms with E-state index in [4.69, 9.17) is 11.6 Å². The van der Waals surface area contributed by atoms with E-state index in [9.17, 15) is 8.42 Å². The minimum absolute atomic E-state index is 0.177. The first kappa shape index (κ1) is 13.8. The summed E-state index contributed by atoms with van der Waals surface area (Å²) >= 11 is 5.82. The Hall–Kier alpha value is -1.65. The Morgan fingerprint density at radius 2 is 1.79 bits per heavy atom. The minimum Gasteiger partial charge on any atom is -0.199 e. The maximum Gasteiger partial charge on any atom is 0.282 e. The molecule has 0 saturated carbocycles. The average Bonchev–Trinajstić information content (AvgIpc) is 2.37. The molecular weight excluding hydrogens is 282 g/mol. The summed E-state index contributed by atoms with van der Waals surface area (Å²) in [5.74, 6) is 0. The van der Waals surface area contributed by atoms with Crippen LogP contribution in [0.3, 0.4) is 0 Å². The normalized spacial score (nSPS) is 11.9. The molecular formula is C14H12ClNO2S. The summed E-state index contributed by atoms with van der Waals surface area (Å²) in [4.78, 5) is 0.177. The van der Waals surface area contributed by atoms with E-state index in [0.29, 0.717) is 10.6 Å². The number of rotatable bonds is 3. The number of hydrogen-bond acceptors (Lipinski definition) is 2. The molecule has 2 rings (SSSR count). The SMILES string of the molecule is Cc1ccc(S(=O)(=O)/N=C/c2cccc(Cl)c2)cc1. The first-order chi connectivity index (χ1) is 8.97. The van der Waals surface area contributed by atoms with E-state index >= 15 is 0 Å². The first-order valence-corrected chi connectivity index (χ1v) is 7.42. The summed E-state index contributed by atoms with van der Waals surface area (Å²) in [5, 5.41) is 0.539. The van der Waals surface area contributed by atoms with Crippen molar-refractivity contribution in [1.29, 1.82) is 0 Å². The van der Waals surface area contributed by atoms with E-state index in [1.807, 2.05) is 6.92 Å². The highest BCUT2D eigenvalue weighted by molar-refractivity contribution is 7.90. The van der Waals surface area contributed by atoms with Gasteiger partial charge in [0.25, 0.3) is 10.0 Å². The predicted molar refractivity (Wildman–Crippen MR) is 77.4 cm³/mol. The maximum absolute atomic E-state index is 12.0. The second-order valence-electron chi connectivity index (χ2n) is 4.08. The fourth-order valence-electron chi connectivity index (χ4n) is 1.49. The molecule has 3 nitrogen and oxygen atoms in total. The van der Waals surface area contributed by atoms with E-state index in [0.717, 1.165) is 5.56 Å². The summed E-state index contributed by atoms with van der Waals surface area (Å²) < 4.78 is 27.6. The maximum atomic E-state index is 12.0. The molecule has 2 aromatic rings. The van der Waals surface area contributed by atoms with E-state index in [1.54, 1.807) is 48.5 Å². The zero-order chi connectivity index (χ0) is 13.9. The van der Waals surface area contributed by atoms with Crippen LogP contribution in [0.1, 0.15) is 11.1 Å². The molecule has 0 fully saturated rings. The van der Waals surface area contributed by atoms with E-state index in [1.165, 1.54) is 6.21 Å². The molecule has 5 heteroatoms. The second kappa shape index (κ2) is 5.55. The van der Waals surface area contributed by atoms with Gasteiger partial charge in [-0.15, -0.1) is 0 Å². The third-order valence-electron chi connectivity index (χ3n) is 2.51. The van der Waals surface area contributed by atoms with Crippen molar-refractivity contribution in [2.24, 2.45) is 4.40 Å². The Balaban J connectivity index is 2.29. The van der Waals surface area contributed by atoms with Gasteiger partial charge >= 0.3 is 0 Å². The van der Waals surface area contributed by atoms with Crippen LogP contribution in [-0.2, 0) is 10.0 Å². The summed E-state index contributed by atoms with van der Waals surface area (Å²) in [6, 6.07) is 13.4. The van der Waals surface area contributed by atoms with Crippen molar-refractivity contribution >= 4 is 27.8 Å². The van der Waals surface area contributed by atoms with Crippen LogP contribution in [0, 0.1) is 6.92 Å². The zero-order valence-electron chi connectivity index (χ0n) is 10.2. The number of benzene rings is 2. The Labute approximate surface area is 117 Å². The van der Waals surface area contributed by atoms with Crippen molar-refractivity contribution in [3.8, 4) is 0 Å². The molecule has 98 valence electrons. The standard InChI is InChI=1S/C14H12ClNO2S/c1-11-5-7-14(8-6-11)19(17,18)16-10-12-3-2-4-13(15)9-12/h2-10H,1H3/b16-10+. The summed E-state index contributed by atoms with van der Waals surface area (Å²) in [7, 11) is -3.66. The van der Waals surface area contributed by atoms with Crippen molar-refractivity contribution in [2.45, 2.75) is 11.8 Å². The fraction of sp³-hybridized carbons (Fsp3) is 0.0714. The van der Waals surface area contributed by atoms with Gasteiger partial charge in [0.05, 0.1) is 4.90 Å². The largest absolute Gasteiger partial charge is 0.282 e. The lowest BCUT2D eigenvalue weighted by Crippen LogP contribution is -1.97. The van der Waals surface area contributed by atoms with Crippen molar-refractivity contribution in [3.05, 3.63) is 64.7 Å². The van der Waals surface area contributed by atoms with Crippen LogP contribution in [0.15, 0.2) is 57.8 Å². The van der Waals surface area contributed by atoms with Crippen molar-refractivity contribution in [2.75, 3.05) is 0 Å². The quantitative estimate of drug-likeness (QED) is 0.814. The monoisotopic (exact) mass is 293 g/mol. The molecule has 2 aromatic carbocycles. The summed E-state index contributed by atoms with van der Waals surface area (Å²) in [6.45, 7) is 1.89. The average molecular weight is 294 g/mol.